The number of imidazole rings is 1. The van der Waals surface area contributed by atoms with Crippen LogP contribution in [0.4, 0.5) is 11.9 Å². The Morgan fingerprint density at radius 2 is 2.24 bits per heavy atom. The molecule has 1 saturated carbocycles. The van der Waals surface area contributed by atoms with Crippen LogP contribution >= 0.6 is 0 Å². The van der Waals surface area contributed by atoms with Crippen LogP contribution in [-0.4, -0.2) is 42.5 Å². The molecule has 110 valence electrons. The summed E-state index contributed by atoms with van der Waals surface area (Å²) in [5.74, 6) is 0.591. The van der Waals surface area contributed by atoms with Crippen LogP contribution in [0.15, 0.2) is 18.7 Å². The maximum Gasteiger partial charge on any atom is 0.242 e. The van der Waals surface area contributed by atoms with Crippen molar-refractivity contribution in [3.63, 3.8) is 0 Å². The molecule has 0 saturated heterocycles. The molecule has 4 N–H and O–H groups in total. The van der Waals surface area contributed by atoms with Crippen LogP contribution in [0.5, 0.6) is 0 Å². The number of nitrogen functional groups attached to an aromatic ring is 1. The predicted octanol–water partition coefficient (Wildman–Crippen LogP) is -0.282. The van der Waals surface area contributed by atoms with Crippen LogP contribution < -0.4 is 16.4 Å². The number of anilines is 2. The Morgan fingerprint density at radius 1 is 1.43 bits per heavy atom. The normalized spacial score (nSPS) is 15.5. The van der Waals surface area contributed by atoms with Crippen molar-refractivity contribution < 1.29 is 4.79 Å². The van der Waals surface area contributed by atoms with E-state index in [1.807, 2.05) is 0 Å². The molecule has 0 aromatic carbocycles. The van der Waals surface area contributed by atoms with E-state index >= 15 is 0 Å². The zero-order chi connectivity index (χ0) is 14.8. The molecule has 2 aromatic rings. The van der Waals surface area contributed by atoms with Gasteiger partial charge in [-0.25, -0.2) is 4.98 Å². The van der Waals surface area contributed by atoms with Gasteiger partial charge >= 0.3 is 0 Å². The maximum atomic E-state index is 11.9. The second-order valence-electron chi connectivity index (χ2n) is 4.94. The van der Waals surface area contributed by atoms with Gasteiger partial charge in [-0.1, -0.05) is 0 Å². The van der Waals surface area contributed by atoms with Gasteiger partial charge in [0.2, 0.25) is 23.8 Å². The smallest absolute Gasteiger partial charge is 0.242 e. The Kier molecular flexibility index (Phi) is 3.38. The lowest BCUT2D eigenvalue weighted by Gasteiger charge is -2.14. The van der Waals surface area contributed by atoms with Crippen LogP contribution in [0.3, 0.4) is 0 Å². The first kappa shape index (κ1) is 13.3. The Balaban J connectivity index is 1.73. The molecule has 1 unspecified atom stereocenters. The lowest BCUT2D eigenvalue weighted by atomic mass is 10.3. The van der Waals surface area contributed by atoms with Gasteiger partial charge in [-0.15, -0.1) is 0 Å². The first-order valence-electron chi connectivity index (χ1n) is 6.68. The highest BCUT2D eigenvalue weighted by molar-refractivity contribution is 5.84. The van der Waals surface area contributed by atoms with Gasteiger partial charge in [0.15, 0.2) is 0 Å². The number of amides is 1. The van der Waals surface area contributed by atoms with E-state index in [1.54, 1.807) is 30.2 Å². The number of carbonyl (C=O) groups excluding carboxylic acids is 1. The molecule has 1 atom stereocenters. The number of hydrogen-bond donors (Lipinski definition) is 3. The molecule has 9 nitrogen and oxygen atoms in total. The third-order valence-electron chi connectivity index (χ3n) is 3.04. The Bertz CT molecular complexity index is 637. The highest BCUT2D eigenvalue weighted by Gasteiger charge is 2.25. The standard InChI is InChI=1S/C12H16N8O/c1-7(9(21)16-8-2-3-8)15-11-17-10(13)18-12(19-11)20-5-4-14-6-20/h4-8H,2-3H2,1H3,(H,16,21)(H3,13,15,17,18,19). The zero-order valence-electron chi connectivity index (χ0n) is 11.5. The van der Waals surface area contributed by atoms with Crippen LogP contribution in [-0.2, 0) is 4.79 Å². The van der Waals surface area contributed by atoms with Crippen molar-refractivity contribution in [3.05, 3.63) is 18.7 Å². The molecule has 2 heterocycles. The molecule has 0 bridgehead atoms. The van der Waals surface area contributed by atoms with Crippen LogP contribution in [0, 0.1) is 0 Å². The van der Waals surface area contributed by atoms with Crippen molar-refractivity contribution in [2.24, 2.45) is 0 Å². The molecule has 1 fully saturated rings. The fourth-order valence-corrected chi connectivity index (χ4v) is 1.75. The minimum absolute atomic E-state index is 0.0750. The number of aromatic nitrogens is 5. The average molecular weight is 288 g/mol. The van der Waals surface area contributed by atoms with Gasteiger partial charge in [-0.2, -0.15) is 15.0 Å². The van der Waals surface area contributed by atoms with Gasteiger partial charge in [0.05, 0.1) is 0 Å². The van der Waals surface area contributed by atoms with Crippen molar-refractivity contribution in [1.82, 2.24) is 29.8 Å². The van der Waals surface area contributed by atoms with Gasteiger partial charge in [-0.3, -0.25) is 9.36 Å². The van der Waals surface area contributed by atoms with Crippen LogP contribution in [0.1, 0.15) is 19.8 Å². The molecule has 3 rings (SSSR count). The van der Waals surface area contributed by atoms with Crippen molar-refractivity contribution in [2.45, 2.75) is 31.8 Å². The molecule has 1 amide bonds. The fourth-order valence-electron chi connectivity index (χ4n) is 1.75. The molecule has 9 heteroatoms. The zero-order valence-corrected chi connectivity index (χ0v) is 11.5. The van der Waals surface area contributed by atoms with Gasteiger partial charge in [0.25, 0.3) is 0 Å². The largest absolute Gasteiger partial charge is 0.368 e. The van der Waals surface area contributed by atoms with E-state index in [0.717, 1.165) is 12.8 Å². The third kappa shape index (κ3) is 3.25. The summed E-state index contributed by atoms with van der Waals surface area (Å²) in [5, 5.41) is 5.84. The van der Waals surface area contributed by atoms with E-state index in [9.17, 15) is 4.79 Å². The quantitative estimate of drug-likeness (QED) is 0.691. The van der Waals surface area contributed by atoms with Gasteiger partial charge in [0, 0.05) is 18.4 Å². The summed E-state index contributed by atoms with van der Waals surface area (Å²) in [6, 6.07) is -0.144. The lowest BCUT2D eigenvalue weighted by molar-refractivity contribution is -0.121. The van der Waals surface area contributed by atoms with Crippen molar-refractivity contribution in [3.8, 4) is 5.95 Å². The topological polar surface area (TPSA) is 124 Å². The van der Waals surface area contributed by atoms with Crippen molar-refractivity contribution in [2.75, 3.05) is 11.1 Å². The second kappa shape index (κ2) is 5.35. The Hall–Kier alpha value is -2.71. The molecule has 21 heavy (non-hydrogen) atoms. The Labute approximate surface area is 121 Å². The molecule has 1 aliphatic carbocycles. The highest BCUT2D eigenvalue weighted by Crippen LogP contribution is 2.18. The van der Waals surface area contributed by atoms with E-state index in [0.29, 0.717) is 12.0 Å². The number of carbonyl (C=O) groups is 1. The molecule has 0 aliphatic heterocycles. The van der Waals surface area contributed by atoms with E-state index in [2.05, 4.69) is 30.6 Å². The fraction of sp³-hybridized carbons (Fsp3) is 0.417. The van der Waals surface area contributed by atoms with Crippen molar-refractivity contribution >= 4 is 17.8 Å². The Morgan fingerprint density at radius 3 is 2.90 bits per heavy atom. The molecule has 0 radical (unpaired) electrons. The van der Waals surface area contributed by atoms with Gasteiger partial charge in [-0.05, 0) is 19.8 Å². The minimum atomic E-state index is -0.456. The third-order valence-corrected chi connectivity index (χ3v) is 3.04. The number of rotatable bonds is 5. The SMILES string of the molecule is CC(Nc1nc(N)nc(-n2ccnc2)n1)C(=O)NC1CC1. The molecular weight excluding hydrogens is 272 g/mol. The average Bonchev–Trinajstić information content (AvgIpc) is 3.08. The van der Waals surface area contributed by atoms with Crippen LogP contribution in [0.2, 0.25) is 0 Å². The minimum Gasteiger partial charge on any atom is -0.368 e. The number of hydrogen-bond acceptors (Lipinski definition) is 7. The summed E-state index contributed by atoms with van der Waals surface area (Å²) in [5.41, 5.74) is 5.67. The lowest BCUT2D eigenvalue weighted by Crippen LogP contribution is -2.39. The highest BCUT2D eigenvalue weighted by atomic mass is 16.2. The summed E-state index contributed by atoms with van der Waals surface area (Å²) in [4.78, 5) is 28.1. The maximum absolute atomic E-state index is 11.9. The van der Waals surface area contributed by atoms with Gasteiger partial charge < -0.3 is 16.4 Å². The predicted molar refractivity (Wildman–Crippen MR) is 75.6 cm³/mol. The number of nitrogens with one attached hydrogen (secondary N) is 2. The molecule has 2 aromatic heterocycles. The molecule has 1 aliphatic rings. The van der Waals surface area contributed by atoms with E-state index in [-0.39, 0.29) is 17.8 Å². The summed E-state index contributed by atoms with van der Waals surface area (Å²) in [7, 11) is 0. The van der Waals surface area contributed by atoms with Gasteiger partial charge in [0.1, 0.15) is 12.4 Å². The van der Waals surface area contributed by atoms with E-state index < -0.39 is 6.04 Å². The summed E-state index contributed by atoms with van der Waals surface area (Å²) in [6.45, 7) is 1.74. The first-order valence-corrected chi connectivity index (χ1v) is 6.68. The summed E-state index contributed by atoms with van der Waals surface area (Å²) in [6.07, 6.45) is 6.95. The van der Waals surface area contributed by atoms with Crippen molar-refractivity contribution in [1.29, 1.82) is 0 Å². The molecule has 0 spiro atoms. The van der Waals surface area contributed by atoms with E-state index in [4.69, 9.17) is 5.73 Å². The molecular formula is C12H16N8O. The first-order chi connectivity index (χ1) is 10.1. The second-order valence-corrected chi connectivity index (χ2v) is 4.94. The number of nitrogens with zero attached hydrogens (tertiary/aromatic N) is 5. The number of nitrogens with two attached hydrogens (primary N) is 1. The summed E-state index contributed by atoms with van der Waals surface area (Å²) < 4.78 is 1.61. The van der Waals surface area contributed by atoms with E-state index in [1.165, 1.54) is 0 Å². The monoisotopic (exact) mass is 288 g/mol. The van der Waals surface area contributed by atoms with Crippen LogP contribution in [0.25, 0.3) is 5.95 Å². The summed E-state index contributed by atoms with van der Waals surface area (Å²) >= 11 is 0.